The van der Waals surface area contributed by atoms with Crippen molar-refractivity contribution in [3.63, 3.8) is 0 Å². The number of hydrogen-bond acceptors (Lipinski definition) is 9. The number of aryl methyl sites for hydroxylation is 2. The SMILES string of the molecule is CCOP(=O)(OCC)C1(P(=O)(OCC)OCC)CC(C(=O)c2ccc(C)cc2C)=NN1. The molecule has 1 N–H and O–H groups in total. The van der Waals surface area contributed by atoms with Gasteiger partial charge in [0.05, 0.1) is 26.4 Å². The highest BCUT2D eigenvalue weighted by atomic mass is 31.2. The minimum atomic E-state index is -4.16. The van der Waals surface area contributed by atoms with Crippen molar-refractivity contribution >= 4 is 26.7 Å². The molecular formula is C20H32N2O7P2. The standard InChI is InChI=1S/C20H32N2O7P2/c1-7-26-30(24,27-8-2)20(31(25,28-9-3)29-10-4)14-18(21-22-20)19(23)17-12-11-15(5)13-16(17)6/h11-13,22H,7-10,14H2,1-6H3. The molecule has 1 aromatic carbocycles. The van der Waals surface area contributed by atoms with Crippen molar-refractivity contribution in [2.24, 2.45) is 5.10 Å². The fourth-order valence-electron chi connectivity index (χ4n) is 3.47. The first-order chi connectivity index (χ1) is 14.6. The summed E-state index contributed by atoms with van der Waals surface area (Å²) < 4.78 is 49.9. The maximum absolute atomic E-state index is 13.9. The molecule has 0 amide bonds. The van der Waals surface area contributed by atoms with E-state index < -0.39 is 20.2 Å². The second kappa shape index (κ2) is 10.5. The molecule has 0 fully saturated rings. The summed E-state index contributed by atoms with van der Waals surface area (Å²) in [7, 11) is -8.32. The van der Waals surface area contributed by atoms with Crippen molar-refractivity contribution in [3.05, 3.63) is 34.9 Å². The van der Waals surface area contributed by atoms with E-state index in [4.69, 9.17) is 18.1 Å². The van der Waals surface area contributed by atoms with Crippen molar-refractivity contribution in [1.82, 2.24) is 5.43 Å². The molecule has 174 valence electrons. The molecule has 9 nitrogen and oxygen atoms in total. The zero-order valence-electron chi connectivity index (χ0n) is 19.0. The number of nitrogens with one attached hydrogen (secondary N) is 1. The minimum Gasteiger partial charge on any atom is -0.307 e. The van der Waals surface area contributed by atoms with Crippen molar-refractivity contribution in [2.45, 2.75) is 53.0 Å². The quantitative estimate of drug-likeness (QED) is 0.332. The first-order valence-electron chi connectivity index (χ1n) is 10.4. The number of carbonyl (C=O) groups is 1. The lowest BCUT2D eigenvalue weighted by Crippen LogP contribution is -2.42. The Kier molecular flexibility index (Phi) is 8.79. The van der Waals surface area contributed by atoms with E-state index in [0.29, 0.717) is 5.56 Å². The van der Waals surface area contributed by atoms with Gasteiger partial charge >= 0.3 is 15.2 Å². The molecule has 1 aliphatic rings. The summed E-state index contributed by atoms with van der Waals surface area (Å²) in [6, 6.07) is 5.43. The van der Waals surface area contributed by atoms with Gasteiger partial charge < -0.3 is 18.1 Å². The molecular weight excluding hydrogens is 442 g/mol. The third-order valence-electron chi connectivity index (χ3n) is 4.77. The van der Waals surface area contributed by atoms with Crippen LogP contribution in [0.2, 0.25) is 0 Å². The van der Waals surface area contributed by atoms with E-state index in [0.717, 1.165) is 11.1 Å². The van der Waals surface area contributed by atoms with Gasteiger partial charge in [0.1, 0.15) is 5.71 Å². The van der Waals surface area contributed by atoms with Crippen LogP contribution in [0.4, 0.5) is 0 Å². The maximum Gasteiger partial charge on any atom is 0.370 e. The van der Waals surface area contributed by atoms with E-state index in [2.05, 4.69) is 10.5 Å². The Morgan fingerprint density at radius 3 is 1.87 bits per heavy atom. The first kappa shape index (κ1) is 25.9. The number of ketones is 1. The van der Waals surface area contributed by atoms with Crippen LogP contribution in [0.3, 0.4) is 0 Å². The third-order valence-corrected chi connectivity index (χ3v) is 11.0. The molecule has 1 aliphatic heterocycles. The average Bonchev–Trinajstić information content (AvgIpc) is 3.16. The number of rotatable bonds is 12. The van der Waals surface area contributed by atoms with Gasteiger partial charge in [-0.1, -0.05) is 23.8 Å². The lowest BCUT2D eigenvalue weighted by molar-refractivity contribution is 0.106. The van der Waals surface area contributed by atoms with E-state index in [1.54, 1.807) is 33.8 Å². The normalized spacial score (nSPS) is 16.1. The van der Waals surface area contributed by atoms with Crippen molar-refractivity contribution in [2.75, 3.05) is 26.4 Å². The number of hydrazone groups is 1. The molecule has 2 rings (SSSR count). The molecule has 1 aromatic rings. The number of nitrogens with zero attached hydrogens (tertiary/aromatic N) is 1. The van der Waals surface area contributed by atoms with E-state index >= 15 is 0 Å². The van der Waals surface area contributed by atoms with Crippen LogP contribution >= 0.6 is 15.2 Å². The molecule has 11 heteroatoms. The number of benzene rings is 1. The first-order valence-corrected chi connectivity index (χ1v) is 13.5. The van der Waals surface area contributed by atoms with Crippen LogP contribution in [0.15, 0.2) is 23.3 Å². The van der Waals surface area contributed by atoms with Crippen LogP contribution in [-0.4, -0.2) is 42.9 Å². The van der Waals surface area contributed by atoms with Gasteiger partial charge in [-0.3, -0.25) is 19.4 Å². The highest BCUT2D eigenvalue weighted by Crippen LogP contribution is 2.78. The van der Waals surface area contributed by atoms with Crippen LogP contribution < -0.4 is 5.43 Å². The summed E-state index contributed by atoms with van der Waals surface area (Å²) in [6.07, 6.45) is -0.298. The van der Waals surface area contributed by atoms with E-state index in [-0.39, 0.29) is 44.3 Å². The number of Topliss-reactive ketones (excluding diaryl/α,β-unsaturated/α-hetero) is 1. The largest absolute Gasteiger partial charge is 0.370 e. The zero-order chi connectivity index (χ0) is 23.3. The number of hydrogen-bond donors (Lipinski definition) is 1. The maximum atomic E-state index is 13.9. The van der Waals surface area contributed by atoms with Gasteiger partial charge in [0.25, 0.3) is 5.02 Å². The predicted octanol–water partition coefficient (Wildman–Crippen LogP) is 5.02. The minimum absolute atomic E-state index is 0.0271. The summed E-state index contributed by atoms with van der Waals surface area (Å²) >= 11 is 0. The van der Waals surface area contributed by atoms with E-state index in [9.17, 15) is 13.9 Å². The number of carbonyl (C=O) groups excluding carboxylic acids is 1. The fraction of sp³-hybridized carbons (Fsp3) is 0.600. The van der Waals surface area contributed by atoms with Gasteiger partial charge in [-0.2, -0.15) is 5.10 Å². The predicted molar refractivity (Wildman–Crippen MR) is 120 cm³/mol. The smallest absolute Gasteiger partial charge is 0.307 e. The Bertz CT molecular complexity index is 882. The Labute approximate surface area is 183 Å². The van der Waals surface area contributed by atoms with Gasteiger partial charge in [0.2, 0.25) is 5.78 Å². The van der Waals surface area contributed by atoms with Crippen LogP contribution in [-0.2, 0) is 27.2 Å². The average molecular weight is 474 g/mol. The molecule has 31 heavy (non-hydrogen) atoms. The van der Waals surface area contributed by atoms with Crippen molar-refractivity contribution < 1.29 is 32.0 Å². The Balaban J connectivity index is 2.57. The zero-order valence-corrected chi connectivity index (χ0v) is 20.8. The van der Waals surface area contributed by atoms with Crippen LogP contribution in [0, 0.1) is 13.8 Å². The second-order valence-corrected chi connectivity index (χ2v) is 11.9. The highest BCUT2D eigenvalue weighted by Gasteiger charge is 2.68. The monoisotopic (exact) mass is 474 g/mol. The Morgan fingerprint density at radius 1 is 0.968 bits per heavy atom. The summed E-state index contributed by atoms with van der Waals surface area (Å²) in [5.74, 6) is -0.369. The van der Waals surface area contributed by atoms with Gasteiger partial charge in [0, 0.05) is 12.0 Å². The highest BCUT2D eigenvalue weighted by molar-refractivity contribution is 7.74. The molecule has 0 bridgehead atoms. The summed E-state index contributed by atoms with van der Waals surface area (Å²) in [6.45, 7) is 10.4. The van der Waals surface area contributed by atoms with E-state index in [1.807, 2.05) is 26.0 Å². The van der Waals surface area contributed by atoms with Crippen LogP contribution in [0.5, 0.6) is 0 Å². The molecule has 0 aromatic heterocycles. The Hall–Kier alpha value is -1.34. The van der Waals surface area contributed by atoms with Crippen molar-refractivity contribution in [1.29, 1.82) is 0 Å². The van der Waals surface area contributed by atoms with Gasteiger partial charge in [-0.05, 0) is 47.1 Å². The van der Waals surface area contributed by atoms with Crippen molar-refractivity contribution in [3.8, 4) is 0 Å². The summed E-state index contributed by atoms with van der Waals surface area (Å²) in [5.41, 5.74) is 4.96. The van der Waals surface area contributed by atoms with Gasteiger partial charge in [-0.25, -0.2) is 0 Å². The van der Waals surface area contributed by atoms with Gasteiger partial charge in [0.15, 0.2) is 0 Å². The molecule has 0 aliphatic carbocycles. The molecule has 0 radical (unpaired) electrons. The summed E-state index contributed by atoms with van der Waals surface area (Å²) in [4.78, 5) is 13.2. The second-order valence-electron chi connectivity index (χ2n) is 6.98. The summed E-state index contributed by atoms with van der Waals surface area (Å²) in [5, 5.41) is 2.17. The van der Waals surface area contributed by atoms with Crippen LogP contribution in [0.1, 0.15) is 55.6 Å². The topological polar surface area (TPSA) is 113 Å². The Morgan fingerprint density at radius 2 is 1.45 bits per heavy atom. The molecule has 0 saturated heterocycles. The molecule has 0 unspecified atom stereocenters. The lowest BCUT2D eigenvalue weighted by atomic mass is 9.98. The molecule has 0 spiro atoms. The third kappa shape index (κ3) is 4.87. The van der Waals surface area contributed by atoms with Crippen LogP contribution in [0.25, 0.3) is 0 Å². The lowest BCUT2D eigenvalue weighted by Gasteiger charge is -2.38. The molecule has 1 heterocycles. The van der Waals surface area contributed by atoms with E-state index in [1.165, 1.54) is 0 Å². The van der Waals surface area contributed by atoms with Gasteiger partial charge in [-0.15, -0.1) is 0 Å². The molecule has 0 saturated carbocycles. The fourth-order valence-corrected chi connectivity index (χ4v) is 8.76. The molecule has 0 atom stereocenters.